The van der Waals surface area contributed by atoms with Crippen molar-refractivity contribution in [3.63, 3.8) is 0 Å². The van der Waals surface area contributed by atoms with E-state index in [0.29, 0.717) is 40.1 Å². The van der Waals surface area contributed by atoms with Crippen LogP contribution >= 0.6 is 23.2 Å². The molecule has 4 nitrogen and oxygen atoms in total. The van der Waals surface area contributed by atoms with Crippen molar-refractivity contribution in [1.82, 2.24) is 0 Å². The normalized spacial score (nSPS) is 10.2. The number of carbonyl (C=O) groups excluding carboxylic acids is 1. The minimum atomic E-state index is -0.178. The van der Waals surface area contributed by atoms with Gasteiger partial charge >= 0.3 is 0 Å². The standard InChI is InChI=1S/C23H18Cl2N2O2/c24-19-8-7-17(21(25)14-19)13-23(28)27-22-4-2-1-3-18(22)15-29-20-9-5-16(6-10-20)11-12-26/h1-10,14H,11,13,15H2,(H,27,28). The molecule has 1 N–H and O–H groups in total. The summed E-state index contributed by atoms with van der Waals surface area (Å²) in [6.45, 7) is 0.301. The number of hydrogen-bond donors (Lipinski definition) is 1. The van der Waals surface area contributed by atoms with Crippen molar-refractivity contribution in [3.8, 4) is 11.8 Å². The maximum absolute atomic E-state index is 12.5. The molecule has 1 amide bonds. The topological polar surface area (TPSA) is 62.1 Å². The summed E-state index contributed by atoms with van der Waals surface area (Å²) in [5.74, 6) is 0.517. The first-order valence-corrected chi connectivity index (χ1v) is 9.71. The SMILES string of the molecule is N#CCc1ccc(OCc2ccccc2NC(=O)Cc2ccc(Cl)cc2Cl)cc1. The van der Waals surface area contributed by atoms with Crippen LogP contribution in [0, 0.1) is 11.3 Å². The van der Waals surface area contributed by atoms with Crippen LogP contribution in [0.15, 0.2) is 66.7 Å². The Bertz CT molecular complexity index is 1040. The molecule has 3 aromatic carbocycles. The molecule has 0 spiro atoms. The summed E-state index contributed by atoms with van der Waals surface area (Å²) in [5.41, 5.74) is 3.18. The van der Waals surface area contributed by atoms with E-state index in [0.717, 1.165) is 11.1 Å². The largest absolute Gasteiger partial charge is 0.489 e. The molecular weight excluding hydrogens is 407 g/mol. The number of para-hydroxylation sites is 1. The molecule has 0 fully saturated rings. The highest BCUT2D eigenvalue weighted by atomic mass is 35.5. The predicted molar refractivity (Wildman–Crippen MR) is 115 cm³/mol. The molecule has 6 heteroatoms. The zero-order valence-corrected chi connectivity index (χ0v) is 17.0. The Hall–Kier alpha value is -3.00. The highest BCUT2D eigenvalue weighted by molar-refractivity contribution is 6.35. The third-order valence-electron chi connectivity index (χ3n) is 4.26. The maximum atomic E-state index is 12.5. The molecule has 0 atom stereocenters. The fourth-order valence-electron chi connectivity index (χ4n) is 2.76. The number of nitriles is 1. The van der Waals surface area contributed by atoms with Gasteiger partial charge in [0.2, 0.25) is 5.91 Å². The molecule has 0 aromatic heterocycles. The summed E-state index contributed by atoms with van der Waals surface area (Å²) in [4.78, 5) is 12.5. The quantitative estimate of drug-likeness (QED) is 0.519. The van der Waals surface area contributed by atoms with Crippen molar-refractivity contribution in [2.45, 2.75) is 19.4 Å². The number of amides is 1. The lowest BCUT2D eigenvalue weighted by atomic mass is 10.1. The van der Waals surface area contributed by atoms with Gasteiger partial charge in [-0.1, -0.05) is 59.6 Å². The number of anilines is 1. The van der Waals surface area contributed by atoms with Crippen LogP contribution in [0.5, 0.6) is 5.75 Å². The number of halogens is 2. The van der Waals surface area contributed by atoms with E-state index in [-0.39, 0.29) is 12.3 Å². The lowest BCUT2D eigenvalue weighted by molar-refractivity contribution is -0.115. The van der Waals surface area contributed by atoms with E-state index in [4.69, 9.17) is 33.2 Å². The summed E-state index contributed by atoms with van der Waals surface area (Å²) in [6.07, 6.45) is 0.512. The van der Waals surface area contributed by atoms with E-state index in [1.807, 2.05) is 48.5 Å². The van der Waals surface area contributed by atoms with Gasteiger partial charge in [0.1, 0.15) is 12.4 Å². The molecule has 146 valence electrons. The number of nitrogens with zero attached hydrogens (tertiary/aromatic N) is 1. The van der Waals surface area contributed by atoms with Gasteiger partial charge in [-0.3, -0.25) is 4.79 Å². The van der Waals surface area contributed by atoms with E-state index < -0.39 is 0 Å². The summed E-state index contributed by atoms with van der Waals surface area (Å²) in [7, 11) is 0. The van der Waals surface area contributed by atoms with Gasteiger partial charge in [-0.2, -0.15) is 5.26 Å². The number of benzene rings is 3. The number of nitrogens with one attached hydrogen (secondary N) is 1. The molecule has 0 unspecified atom stereocenters. The molecular formula is C23H18Cl2N2O2. The molecule has 0 radical (unpaired) electrons. The van der Waals surface area contributed by atoms with Gasteiger partial charge in [0.25, 0.3) is 0 Å². The predicted octanol–water partition coefficient (Wildman–Crippen LogP) is 5.82. The highest BCUT2D eigenvalue weighted by Gasteiger charge is 2.11. The minimum Gasteiger partial charge on any atom is -0.489 e. The smallest absolute Gasteiger partial charge is 0.228 e. The van der Waals surface area contributed by atoms with Crippen LogP contribution in [0.3, 0.4) is 0 Å². The molecule has 0 bridgehead atoms. The van der Waals surface area contributed by atoms with Crippen molar-refractivity contribution in [1.29, 1.82) is 5.26 Å². The van der Waals surface area contributed by atoms with E-state index in [2.05, 4.69) is 11.4 Å². The number of ether oxygens (including phenoxy) is 1. The van der Waals surface area contributed by atoms with Crippen LogP contribution in [0.1, 0.15) is 16.7 Å². The molecule has 0 aliphatic heterocycles. The van der Waals surface area contributed by atoms with Crippen molar-refractivity contribution < 1.29 is 9.53 Å². The lowest BCUT2D eigenvalue weighted by Gasteiger charge is -2.13. The van der Waals surface area contributed by atoms with Gasteiger partial charge in [0.15, 0.2) is 0 Å². The average molecular weight is 425 g/mol. The van der Waals surface area contributed by atoms with Crippen molar-refractivity contribution >= 4 is 34.8 Å². The van der Waals surface area contributed by atoms with Crippen LogP contribution in [0.2, 0.25) is 10.0 Å². The van der Waals surface area contributed by atoms with Gasteiger partial charge in [0, 0.05) is 21.3 Å². The van der Waals surface area contributed by atoms with E-state index in [1.165, 1.54) is 0 Å². The Morgan fingerprint density at radius 2 is 1.76 bits per heavy atom. The van der Waals surface area contributed by atoms with Crippen molar-refractivity contribution in [3.05, 3.63) is 93.5 Å². The third-order valence-corrected chi connectivity index (χ3v) is 4.85. The second-order valence-electron chi connectivity index (χ2n) is 6.39. The van der Waals surface area contributed by atoms with Gasteiger partial charge in [-0.25, -0.2) is 0 Å². The first-order chi connectivity index (χ1) is 14.0. The van der Waals surface area contributed by atoms with Gasteiger partial charge in [-0.05, 0) is 41.5 Å². The van der Waals surface area contributed by atoms with Crippen molar-refractivity contribution in [2.24, 2.45) is 0 Å². The second-order valence-corrected chi connectivity index (χ2v) is 7.23. The third kappa shape index (κ3) is 5.99. The first kappa shape index (κ1) is 20.7. The molecule has 0 saturated carbocycles. The fourth-order valence-corrected chi connectivity index (χ4v) is 3.23. The second kappa shape index (κ2) is 9.97. The minimum absolute atomic E-state index is 0.144. The van der Waals surface area contributed by atoms with E-state index in [1.54, 1.807) is 18.2 Å². The monoisotopic (exact) mass is 424 g/mol. The molecule has 0 aliphatic rings. The summed E-state index contributed by atoms with van der Waals surface area (Å²) in [5, 5.41) is 12.6. The molecule has 0 heterocycles. The van der Waals surface area contributed by atoms with Gasteiger partial charge in [0.05, 0.1) is 18.9 Å². The van der Waals surface area contributed by atoms with Crippen LogP contribution in [0.4, 0.5) is 5.69 Å². The van der Waals surface area contributed by atoms with Gasteiger partial charge < -0.3 is 10.1 Å². The zero-order chi connectivity index (χ0) is 20.6. The number of hydrogen-bond acceptors (Lipinski definition) is 3. The van der Waals surface area contributed by atoms with Crippen LogP contribution in [-0.2, 0) is 24.2 Å². The molecule has 3 aromatic rings. The Kier molecular flexibility index (Phi) is 7.13. The number of carbonyl (C=O) groups is 1. The van der Waals surface area contributed by atoms with E-state index >= 15 is 0 Å². The Morgan fingerprint density at radius 1 is 1.00 bits per heavy atom. The summed E-state index contributed by atoms with van der Waals surface area (Å²) in [6, 6.07) is 22.0. The molecule has 3 rings (SSSR count). The Morgan fingerprint density at radius 3 is 2.48 bits per heavy atom. The van der Waals surface area contributed by atoms with Crippen LogP contribution < -0.4 is 10.1 Å². The highest BCUT2D eigenvalue weighted by Crippen LogP contribution is 2.23. The van der Waals surface area contributed by atoms with Crippen molar-refractivity contribution in [2.75, 3.05) is 5.32 Å². The lowest BCUT2D eigenvalue weighted by Crippen LogP contribution is -2.16. The average Bonchev–Trinajstić information content (AvgIpc) is 2.71. The van der Waals surface area contributed by atoms with Crippen LogP contribution in [-0.4, -0.2) is 5.91 Å². The Balaban J connectivity index is 1.63. The first-order valence-electron chi connectivity index (χ1n) is 8.95. The number of rotatable bonds is 7. The zero-order valence-electron chi connectivity index (χ0n) is 15.5. The Labute approximate surface area is 179 Å². The van der Waals surface area contributed by atoms with Crippen LogP contribution in [0.25, 0.3) is 0 Å². The van der Waals surface area contributed by atoms with Gasteiger partial charge in [-0.15, -0.1) is 0 Å². The molecule has 0 saturated heterocycles. The van der Waals surface area contributed by atoms with E-state index in [9.17, 15) is 4.79 Å². The summed E-state index contributed by atoms with van der Waals surface area (Å²) < 4.78 is 5.83. The summed E-state index contributed by atoms with van der Waals surface area (Å²) >= 11 is 12.1. The fraction of sp³-hybridized carbons (Fsp3) is 0.130. The maximum Gasteiger partial charge on any atom is 0.228 e. The molecule has 0 aliphatic carbocycles. The molecule has 29 heavy (non-hydrogen) atoms.